The first kappa shape index (κ1) is 23.7. The van der Waals surface area contributed by atoms with Crippen LogP contribution in [0, 0.1) is 11.7 Å². The second-order valence-corrected chi connectivity index (χ2v) is 10.6. The van der Waals surface area contributed by atoms with Gasteiger partial charge in [-0.1, -0.05) is 12.1 Å². The van der Waals surface area contributed by atoms with Crippen molar-refractivity contribution in [1.29, 1.82) is 0 Å². The van der Waals surface area contributed by atoms with Crippen LogP contribution in [0.1, 0.15) is 30.4 Å². The summed E-state index contributed by atoms with van der Waals surface area (Å²) < 4.78 is 78.5. The average molecular weight is 488 g/mol. The number of sulfonamides is 1. The van der Waals surface area contributed by atoms with E-state index in [2.05, 4.69) is 15.3 Å². The van der Waals surface area contributed by atoms with E-state index in [0.717, 1.165) is 25.0 Å². The maximum Gasteiger partial charge on any atom is 0.416 e. The Bertz CT molecular complexity index is 1090. The summed E-state index contributed by atoms with van der Waals surface area (Å²) in [7, 11) is -3.25. The second kappa shape index (κ2) is 9.05. The molecule has 0 spiro atoms. The number of rotatable bonds is 8. The summed E-state index contributed by atoms with van der Waals surface area (Å²) in [5.41, 5.74) is -0.112. The van der Waals surface area contributed by atoms with Gasteiger partial charge in [-0.05, 0) is 42.9 Å². The molecule has 1 aliphatic heterocycles. The topological polar surface area (TPSA) is 78.4 Å². The van der Waals surface area contributed by atoms with Gasteiger partial charge in [-0.3, -0.25) is 0 Å². The number of anilines is 2. The lowest BCUT2D eigenvalue weighted by Crippen LogP contribution is -2.29. The van der Waals surface area contributed by atoms with Crippen molar-refractivity contribution in [3.63, 3.8) is 0 Å². The van der Waals surface area contributed by atoms with Crippen molar-refractivity contribution in [2.75, 3.05) is 36.1 Å². The van der Waals surface area contributed by atoms with Crippen molar-refractivity contribution >= 4 is 21.7 Å². The molecule has 1 saturated heterocycles. The molecule has 0 radical (unpaired) electrons. The van der Waals surface area contributed by atoms with Crippen LogP contribution in [0.2, 0.25) is 0 Å². The first-order valence-corrected chi connectivity index (χ1v) is 12.5. The molecular weight excluding hydrogens is 462 g/mol. The van der Waals surface area contributed by atoms with E-state index in [1.165, 1.54) is 29.0 Å². The molecule has 1 aliphatic carbocycles. The smallest absolute Gasteiger partial charge is 0.367 e. The SMILES string of the molecule is CS(=O)(=O)N1CCC(CNc2ncnc(N(Cc3ccc(C(F)(F)F)cc3)C3CC3)c2F)C1. The molecule has 1 unspecified atom stereocenters. The molecule has 1 N–H and O–H groups in total. The van der Waals surface area contributed by atoms with E-state index in [0.29, 0.717) is 31.6 Å². The van der Waals surface area contributed by atoms with Crippen LogP contribution in [-0.2, 0) is 22.7 Å². The highest BCUT2D eigenvalue weighted by Crippen LogP contribution is 2.35. The molecule has 7 nitrogen and oxygen atoms in total. The zero-order chi connectivity index (χ0) is 23.8. The monoisotopic (exact) mass is 487 g/mol. The minimum Gasteiger partial charge on any atom is -0.367 e. The molecule has 1 aromatic heterocycles. The van der Waals surface area contributed by atoms with E-state index in [9.17, 15) is 21.6 Å². The number of aromatic nitrogens is 2. The van der Waals surface area contributed by atoms with Crippen molar-refractivity contribution in [3.05, 3.63) is 47.5 Å². The molecule has 0 bridgehead atoms. The zero-order valence-corrected chi connectivity index (χ0v) is 18.8. The summed E-state index contributed by atoms with van der Waals surface area (Å²) in [4.78, 5) is 9.86. The minimum absolute atomic E-state index is 0.0240. The van der Waals surface area contributed by atoms with Crippen molar-refractivity contribution in [2.24, 2.45) is 5.92 Å². The number of benzene rings is 1. The second-order valence-electron chi connectivity index (χ2n) is 8.57. The van der Waals surface area contributed by atoms with Gasteiger partial charge in [0.25, 0.3) is 0 Å². The van der Waals surface area contributed by atoms with E-state index in [1.807, 2.05) is 0 Å². The summed E-state index contributed by atoms with van der Waals surface area (Å²) in [5, 5.41) is 2.97. The Hall–Kier alpha value is -2.47. The highest BCUT2D eigenvalue weighted by Gasteiger charge is 2.34. The Morgan fingerprint density at radius 3 is 2.42 bits per heavy atom. The van der Waals surface area contributed by atoms with Crippen molar-refractivity contribution in [3.8, 4) is 0 Å². The quantitative estimate of drug-likeness (QED) is 0.575. The maximum atomic E-state index is 15.3. The Morgan fingerprint density at radius 1 is 1.15 bits per heavy atom. The summed E-state index contributed by atoms with van der Waals surface area (Å²) in [6, 6.07) is 4.88. The van der Waals surface area contributed by atoms with Gasteiger partial charge in [0.05, 0.1) is 11.8 Å². The Labute approximate surface area is 189 Å². The van der Waals surface area contributed by atoms with Crippen LogP contribution in [-0.4, -0.2) is 54.6 Å². The Morgan fingerprint density at radius 2 is 1.85 bits per heavy atom. The Balaban J connectivity index is 1.46. The summed E-state index contributed by atoms with van der Waals surface area (Å²) in [5.74, 6) is -0.478. The molecule has 2 aliphatic rings. The fourth-order valence-electron chi connectivity index (χ4n) is 3.95. The summed E-state index contributed by atoms with van der Waals surface area (Å²) >= 11 is 0. The van der Waals surface area contributed by atoms with E-state index in [4.69, 9.17) is 0 Å². The number of nitrogens with zero attached hydrogens (tertiary/aromatic N) is 4. The normalized spacial score (nSPS) is 19.6. The zero-order valence-electron chi connectivity index (χ0n) is 18.0. The molecule has 180 valence electrons. The van der Waals surface area contributed by atoms with Gasteiger partial charge in [0.1, 0.15) is 6.33 Å². The third-order valence-corrected chi connectivity index (χ3v) is 7.21. The van der Waals surface area contributed by atoms with E-state index in [1.54, 1.807) is 4.90 Å². The molecule has 0 amide bonds. The van der Waals surface area contributed by atoms with Crippen LogP contribution in [0.5, 0.6) is 0 Å². The van der Waals surface area contributed by atoms with Crippen LogP contribution >= 0.6 is 0 Å². The fraction of sp³-hybridized carbons (Fsp3) is 0.524. The van der Waals surface area contributed by atoms with Crippen LogP contribution in [0.3, 0.4) is 0 Å². The lowest BCUT2D eigenvalue weighted by Gasteiger charge is -2.25. The molecule has 1 saturated carbocycles. The van der Waals surface area contributed by atoms with Crippen LogP contribution in [0.4, 0.5) is 29.2 Å². The number of hydrogen-bond donors (Lipinski definition) is 1. The first-order chi connectivity index (χ1) is 15.5. The van der Waals surface area contributed by atoms with Gasteiger partial charge in [-0.2, -0.15) is 17.6 Å². The predicted octanol–water partition coefficient (Wildman–Crippen LogP) is 3.50. The molecule has 4 rings (SSSR count). The summed E-state index contributed by atoms with van der Waals surface area (Å²) in [6.07, 6.45) is 0.364. The first-order valence-electron chi connectivity index (χ1n) is 10.6. The molecule has 2 fully saturated rings. The lowest BCUT2D eigenvalue weighted by atomic mass is 10.1. The largest absolute Gasteiger partial charge is 0.416 e. The average Bonchev–Trinajstić information content (AvgIpc) is 3.47. The van der Waals surface area contributed by atoms with Gasteiger partial charge in [0, 0.05) is 32.2 Å². The molecule has 2 aromatic rings. The standard InChI is InChI=1S/C21H25F4N5O2S/c1-33(31,32)29-9-8-15(11-29)10-26-19-18(22)20(28-13-27-19)30(17-6-7-17)12-14-2-4-16(5-3-14)21(23,24)25/h2-5,13,15,17H,6-12H2,1H3,(H,26,27,28). The molecule has 2 heterocycles. The molecular formula is C21H25F4N5O2S. The van der Waals surface area contributed by atoms with E-state index in [-0.39, 0.29) is 30.1 Å². The number of alkyl halides is 3. The van der Waals surface area contributed by atoms with Gasteiger partial charge in [0.2, 0.25) is 15.8 Å². The van der Waals surface area contributed by atoms with Crippen LogP contribution in [0.15, 0.2) is 30.6 Å². The van der Waals surface area contributed by atoms with Crippen LogP contribution < -0.4 is 10.2 Å². The van der Waals surface area contributed by atoms with Crippen molar-refractivity contribution in [1.82, 2.24) is 14.3 Å². The van der Waals surface area contributed by atoms with E-state index < -0.39 is 27.6 Å². The molecule has 1 atom stereocenters. The van der Waals surface area contributed by atoms with Crippen LogP contribution in [0.25, 0.3) is 0 Å². The Kier molecular flexibility index (Phi) is 6.50. The maximum absolute atomic E-state index is 15.3. The van der Waals surface area contributed by atoms with Gasteiger partial charge in [-0.25, -0.2) is 22.7 Å². The third kappa shape index (κ3) is 5.72. The molecule has 33 heavy (non-hydrogen) atoms. The number of hydrogen-bond acceptors (Lipinski definition) is 6. The fourth-order valence-corrected chi connectivity index (χ4v) is 4.87. The lowest BCUT2D eigenvalue weighted by molar-refractivity contribution is -0.137. The number of halogens is 4. The highest BCUT2D eigenvalue weighted by molar-refractivity contribution is 7.88. The van der Waals surface area contributed by atoms with Gasteiger partial charge < -0.3 is 10.2 Å². The third-order valence-electron chi connectivity index (χ3n) is 5.94. The highest BCUT2D eigenvalue weighted by atomic mass is 32.2. The molecule has 12 heteroatoms. The summed E-state index contributed by atoms with van der Waals surface area (Å²) in [6.45, 7) is 1.39. The van der Waals surface area contributed by atoms with Crippen molar-refractivity contribution < 1.29 is 26.0 Å². The number of nitrogens with one attached hydrogen (secondary N) is 1. The van der Waals surface area contributed by atoms with Crippen molar-refractivity contribution in [2.45, 2.75) is 38.0 Å². The van der Waals surface area contributed by atoms with Gasteiger partial charge in [0.15, 0.2) is 11.6 Å². The van der Waals surface area contributed by atoms with E-state index >= 15 is 4.39 Å². The van der Waals surface area contributed by atoms with Gasteiger partial charge in [-0.15, -0.1) is 0 Å². The predicted molar refractivity (Wildman–Crippen MR) is 116 cm³/mol. The molecule has 1 aromatic carbocycles. The minimum atomic E-state index is -4.41. The van der Waals surface area contributed by atoms with Gasteiger partial charge >= 0.3 is 6.18 Å².